The van der Waals surface area contributed by atoms with Crippen molar-refractivity contribution in [3.05, 3.63) is 63.1 Å². The van der Waals surface area contributed by atoms with Crippen LogP contribution in [0.15, 0.2) is 51.9 Å². The van der Waals surface area contributed by atoms with E-state index in [1.165, 1.54) is 5.56 Å². The molecular formula is C17H16BrClN2. The minimum absolute atomic E-state index is 0.418. The van der Waals surface area contributed by atoms with Gasteiger partial charge >= 0.3 is 0 Å². The van der Waals surface area contributed by atoms with Crippen LogP contribution in [0.2, 0.25) is 0 Å². The van der Waals surface area contributed by atoms with E-state index in [9.17, 15) is 0 Å². The molecule has 1 unspecified atom stereocenters. The highest BCUT2D eigenvalue weighted by Gasteiger charge is 2.19. The topological polar surface area (TPSA) is 15.6 Å². The molecular weight excluding hydrogens is 348 g/mol. The summed E-state index contributed by atoms with van der Waals surface area (Å²) in [5.41, 5.74) is 1.97. The number of hydrogen-bond donors (Lipinski definition) is 0. The fourth-order valence-electron chi connectivity index (χ4n) is 2.53. The summed E-state index contributed by atoms with van der Waals surface area (Å²) in [4.78, 5) is 6.62. The quantitative estimate of drug-likeness (QED) is 0.582. The first kappa shape index (κ1) is 14.6. The summed E-state index contributed by atoms with van der Waals surface area (Å²) in [5, 5.41) is 2.00. The van der Waals surface area contributed by atoms with Gasteiger partial charge in [-0.1, -0.05) is 59.6 Å². The van der Waals surface area contributed by atoms with Gasteiger partial charge in [-0.15, -0.1) is 0 Å². The molecule has 0 spiro atoms. The maximum atomic E-state index is 6.48. The molecule has 0 saturated carbocycles. The molecule has 0 N–H and O–H groups in total. The number of para-hydroxylation sites is 1. The second-order valence-electron chi connectivity index (χ2n) is 5.39. The number of hydrogen-bond acceptors (Lipinski definition) is 2. The fraction of sp³-hybridized carbons (Fsp3) is 0.235. The van der Waals surface area contributed by atoms with Gasteiger partial charge in [-0.2, -0.15) is 0 Å². The first-order valence-corrected chi connectivity index (χ1v) is 8.16. The molecule has 21 heavy (non-hydrogen) atoms. The first-order chi connectivity index (χ1) is 10.1. The van der Waals surface area contributed by atoms with E-state index < -0.39 is 5.62 Å². The molecule has 2 nitrogen and oxygen atoms in total. The normalized spacial score (nSPS) is 17.2. The maximum Gasteiger partial charge on any atom is 0.202 e. The van der Waals surface area contributed by atoms with E-state index in [-0.39, 0.29) is 0 Å². The van der Waals surface area contributed by atoms with Crippen molar-refractivity contribution in [2.24, 2.45) is 4.99 Å². The molecule has 1 heterocycles. The van der Waals surface area contributed by atoms with Crippen LogP contribution in [0.1, 0.15) is 25.3 Å². The van der Waals surface area contributed by atoms with Crippen LogP contribution in [-0.4, -0.2) is 5.62 Å². The van der Waals surface area contributed by atoms with Crippen molar-refractivity contribution in [2.75, 3.05) is 4.90 Å². The molecule has 1 aliphatic heterocycles. The summed E-state index contributed by atoms with van der Waals surface area (Å²) in [6.45, 7) is 4.38. The molecule has 4 heteroatoms. The molecule has 0 aliphatic carbocycles. The van der Waals surface area contributed by atoms with Crippen molar-refractivity contribution in [1.82, 2.24) is 0 Å². The van der Waals surface area contributed by atoms with Gasteiger partial charge in [0.2, 0.25) is 5.62 Å². The molecule has 108 valence electrons. The number of rotatable bonds is 2. The van der Waals surface area contributed by atoms with Crippen molar-refractivity contribution < 1.29 is 0 Å². The molecule has 0 fully saturated rings. The third-order valence-electron chi connectivity index (χ3n) is 3.58. The van der Waals surface area contributed by atoms with Crippen LogP contribution < -0.4 is 15.5 Å². The van der Waals surface area contributed by atoms with E-state index in [2.05, 4.69) is 65.2 Å². The van der Waals surface area contributed by atoms with Crippen molar-refractivity contribution >= 4 is 39.4 Å². The zero-order chi connectivity index (χ0) is 15.0. The van der Waals surface area contributed by atoms with Crippen LogP contribution in [0.5, 0.6) is 0 Å². The van der Waals surface area contributed by atoms with Gasteiger partial charge in [0.1, 0.15) is 0 Å². The number of fused-ring (bicyclic) bond motifs is 1. The Bertz CT molecular complexity index is 786. The average molecular weight is 364 g/mol. The predicted octanol–water partition coefficient (Wildman–Crippen LogP) is 3.97. The summed E-state index contributed by atoms with van der Waals surface area (Å²) in [6, 6.07) is 14.4. The SMILES string of the molecule is CC(C)c1ccccc1N1C=c2cc(Br)ccc2=NC1Cl. The number of nitrogens with zero attached hydrogens (tertiary/aromatic N) is 2. The molecule has 0 aromatic heterocycles. The minimum atomic E-state index is -0.418. The lowest BCUT2D eigenvalue weighted by atomic mass is 10.0. The highest BCUT2D eigenvalue weighted by Crippen LogP contribution is 2.30. The Morgan fingerprint density at radius 1 is 1.19 bits per heavy atom. The van der Waals surface area contributed by atoms with Gasteiger partial charge < -0.3 is 4.90 Å². The van der Waals surface area contributed by atoms with Crippen LogP contribution in [0, 0.1) is 0 Å². The summed E-state index contributed by atoms with van der Waals surface area (Å²) in [6.07, 6.45) is 2.08. The van der Waals surface area contributed by atoms with Gasteiger partial charge in [0, 0.05) is 21.6 Å². The van der Waals surface area contributed by atoms with Crippen LogP contribution in [0.4, 0.5) is 5.69 Å². The van der Waals surface area contributed by atoms with Crippen LogP contribution in [-0.2, 0) is 0 Å². The minimum Gasteiger partial charge on any atom is -0.312 e. The highest BCUT2D eigenvalue weighted by atomic mass is 79.9. The molecule has 1 aliphatic rings. The lowest BCUT2D eigenvalue weighted by molar-refractivity contribution is 0.826. The Kier molecular flexibility index (Phi) is 4.05. The van der Waals surface area contributed by atoms with Gasteiger partial charge in [-0.05, 0) is 35.7 Å². The molecule has 2 aromatic carbocycles. The number of anilines is 1. The molecule has 2 aromatic rings. The number of benzene rings is 2. The second-order valence-corrected chi connectivity index (χ2v) is 6.70. The smallest absolute Gasteiger partial charge is 0.202 e. The Balaban J connectivity index is 2.16. The van der Waals surface area contributed by atoms with Crippen molar-refractivity contribution in [1.29, 1.82) is 0 Å². The number of halogens is 2. The average Bonchev–Trinajstić information content (AvgIpc) is 2.47. The van der Waals surface area contributed by atoms with E-state index in [1.54, 1.807) is 0 Å². The first-order valence-electron chi connectivity index (χ1n) is 6.93. The van der Waals surface area contributed by atoms with Gasteiger partial charge in [0.15, 0.2) is 0 Å². The van der Waals surface area contributed by atoms with Crippen LogP contribution in [0.25, 0.3) is 6.20 Å². The molecule has 0 saturated heterocycles. The van der Waals surface area contributed by atoms with Gasteiger partial charge in [0.25, 0.3) is 0 Å². The lowest BCUT2D eigenvalue weighted by Gasteiger charge is -2.28. The van der Waals surface area contributed by atoms with Gasteiger partial charge in [-0.25, -0.2) is 4.99 Å². The standard InChI is InChI=1S/C17H16BrClN2/c1-11(2)14-5-3-4-6-16(14)21-10-12-9-13(18)7-8-15(12)20-17(21)19/h3-11,17H,1-2H3. The molecule has 0 amide bonds. The van der Waals surface area contributed by atoms with Crippen molar-refractivity contribution in [2.45, 2.75) is 25.4 Å². The van der Waals surface area contributed by atoms with Crippen LogP contribution >= 0.6 is 27.5 Å². The number of alkyl halides is 1. The zero-order valence-electron chi connectivity index (χ0n) is 11.9. The van der Waals surface area contributed by atoms with Gasteiger partial charge in [-0.3, -0.25) is 0 Å². The summed E-state index contributed by atoms with van der Waals surface area (Å²) >= 11 is 9.98. The summed E-state index contributed by atoms with van der Waals surface area (Å²) in [5.74, 6) is 0.433. The van der Waals surface area contributed by atoms with E-state index in [0.717, 1.165) is 20.7 Å². The largest absolute Gasteiger partial charge is 0.312 e. The van der Waals surface area contributed by atoms with Crippen molar-refractivity contribution in [3.8, 4) is 0 Å². The third kappa shape index (κ3) is 2.85. The Labute approximate surface area is 137 Å². The van der Waals surface area contributed by atoms with Gasteiger partial charge in [0.05, 0.1) is 5.36 Å². The molecule has 3 rings (SSSR count). The van der Waals surface area contributed by atoms with Crippen molar-refractivity contribution in [3.63, 3.8) is 0 Å². The maximum absolute atomic E-state index is 6.48. The Hall–Kier alpha value is -1.32. The Morgan fingerprint density at radius 2 is 1.95 bits per heavy atom. The predicted molar refractivity (Wildman–Crippen MR) is 92.0 cm³/mol. The fourth-order valence-corrected chi connectivity index (χ4v) is 3.18. The molecule has 0 radical (unpaired) electrons. The lowest BCUT2D eigenvalue weighted by Crippen LogP contribution is -2.40. The second kappa shape index (κ2) is 5.82. The monoisotopic (exact) mass is 362 g/mol. The van der Waals surface area contributed by atoms with Crippen LogP contribution in [0.3, 0.4) is 0 Å². The van der Waals surface area contributed by atoms with E-state index in [0.29, 0.717) is 5.92 Å². The molecule has 1 atom stereocenters. The molecule has 0 bridgehead atoms. The summed E-state index contributed by atoms with van der Waals surface area (Å²) in [7, 11) is 0. The zero-order valence-corrected chi connectivity index (χ0v) is 14.3. The summed E-state index contributed by atoms with van der Waals surface area (Å²) < 4.78 is 1.04. The van der Waals surface area contributed by atoms with E-state index in [1.807, 2.05) is 23.1 Å². The van der Waals surface area contributed by atoms with E-state index >= 15 is 0 Å². The van der Waals surface area contributed by atoms with E-state index in [4.69, 9.17) is 11.6 Å². The highest BCUT2D eigenvalue weighted by molar-refractivity contribution is 9.10. The third-order valence-corrected chi connectivity index (χ3v) is 4.38. The Morgan fingerprint density at radius 3 is 2.71 bits per heavy atom.